The summed E-state index contributed by atoms with van der Waals surface area (Å²) in [7, 11) is -9.90. The molecule has 0 aromatic heterocycles. The zero-order valence-corrected chi connectivity index (χ0v) is 60.4. The second kappa shape index (κ2) is 61.9. The molecule has 0 aliphatic rings. The number of phosphoric acid groups is 2. The monoisotopic (exact) mass is 1320 g/mol. The first-order valence-electron chi connectivity index (χ1n) is 36.8. The number of carbonyl (C=O) groups is 4. The van der Waals surface area contributed by atoms with Crippen molar-refractivity contribution in [3.05, 3.63) is 0 Å². The number of rotatable bonds is 69. The molecule has 0 aliphatic heterocycles. The molecule has 19 heteroatoms. The van der Waals surface area contributed by atoms with E-state index in [4.69, 9.17) is 37.0 Å². The third kappa shape index (κ3) is 64.8. The maximum absolute atomic E-state index is 13.0. The van der Waals surface area contributed by atoms with E-state index in [9.17, 15) is 43.2 Å². The van der Waals surface area contributed by atoms with Crippen molar-refractivity contribution < 1.29 is 80.2 Å². The van der Waals surface area contributed by atoms with E-state index in [0.717, 1.165) is 102 Å². The van der Waals surface area contributed by atoms with Crippen molar-refractivity contribution in [2.24, 2.45) is 17.8 Å². The summed E-state index contributed by atoms with van der Waals surface area (Å²) in [6.45, 7) is 11.6. The maximum Gasteiger partial charge on any atom is 0.472 e. The lowest BCUT2D eigenvalue weighted by Gasteiger charge is -2.21. The second-order valence-electron chi connectivity index (χ2n) is 27.1. The van der Waals surface area contributed by atoms with E-state index in [0.29, 0.717) is 37.5 Å². The summed E-state index contributed by atoms with van der Waals surface area (Å²) >= 11 is 0. The van der Waals surface area contributed by atoms with E-state index in [1.807, 2.05) is 0 Å². The molecule has 0 aromatic carbocycles. The molecule has 2 unspecified atom stereocenters. The van der Waals surface area contributed by atoms with Gasteiger partial charge in [-0.3, -0.25) is 37.3 Å². The molecule has 0 heterocycles. The van der Waals surface area contributed by atoms with Crippen LogP contribution in [-0.2, 0) is 65.4 Å². The molecule has 0 amide bonds. The molecule has 0 saturated carbocycles. The Kier molecular flexibility index (Phi) is 60.6. The van der Waals surface area contributed by atoms with E-state index in [1.54, 1.807) is 0 Å². The van der Waals surface area contributed by atoms with E-state index in [-0.39, 0.29) is 25.7 Å². The molecule has 0 saturated heterocycles. The van der Waals surface area contributed by atoms with Crippen molar-refractivity contribution in [2.45, 2.75) is 375 Å². The summed E-state index contributed by atoms with van der Waals surface area (Å²) in [6, 6.07) is 0. The van der Waals surface area contributed by atoms with Crippen LogP contribution >= 0.6 is 15.6 Å². The third-order valence-electron chi connectivity index (χ3n) is 16.4. The zero-order valence-electron chi connectivity index (χ0n) is 58.6. The van der Waals surface area contributed by atoms with E-state index < -0.39 is 97.5 Å². The minimum Gasteiger partial charge on any atom is -0.462 e. The average molecular weight is 1330 g/mol. The SMILES string of the molecule is CCCCCCCCCCCCCCCCCCCCCCCC(=O)O[C@H](COC(=O)CCCCCCCCCCC(C)C)COP(=O)(O)OC[C@@H](O)COP(=O)(O)OC[C@@H](COC(=O)CCCCCCCCC(C)C)OC(=O)CCCCCCCCC(C)C. The number of aliphatic hydroxyl groups is 1. The number of hydrogen-bond acceptors (Lipinski definition) is 15. The van der Waals surface area contributed by atoms with Crippen molar-refractivity contribution in [2.75, 3.05) is 39.6 Å². The van der Waals surface area contributed by atoms with Crippen LogP contribution in [0.3, 0.4) is 0 Å². The van der Waals surface area contributed by atoms with Gasteiger partial charge < -0.3 is 33.8 Å². The first kappa shape index (κ1) is 88.1. The van der Waals surface area contributed by atoms with Crippen LogP contribution in [0.25, 0.3) is 0 Å². The number of aliphatic hydroxyl groups excluding tert-OH is 1. The van der Waals surface area contributed by atoms with Gasteiger partial charge in [0.25, 0.3) is 0 Å². The number of carbonyl (C=O) groups excluding carboxylic acids is 4. The number of unbranched alkanes of at least 4 members (excludes halogenated alkanes) is 37. The lowest BCUT2D eigenvalue weighted by molar-refractivity contribution is -0.161. The van der Waals surface area contributed by atoms with Crippen molar-refractivity contribution >= 4 is 39.5 Å². The number of esters is 4. The lowest BCUT2D eigenvalue weighted by atomic mass is 10.0. The Labute approximate surface area is 549 Å². The van der Waals surface area contributed by atoms with Crippen molar-refractivity contribution in [1.29, 1.82) is 0 Å². The largest absolute Gasteiger partial charge is 0.472 e. The molecule has 0 spiro atoms. The zero-order chi connectivity index (χ0) is 66.6. The van der Waals surface area contributed by atoms with E-state index in [2.05, 4.69) is 48.5 Å². The fourth-order valence-corrected chi connectivity index (χ4v) is 12.3. The highest BCUT2D eigenvalue weighted by Crippen LogP contribution is 2.45. The Hall–Kier alpha value is -1.94. The third-order valence-corrected chi connectivity index (χ3v) is 18.3. The standard InChI is InChI=1S/C71H138O17P2/c1-8-9-10-11-12-13-14-15-16-17-18-19-20-21-22-23-24-25-30-40-47-54-70(75)87-66(58-81-68(73)52-45-38-29-27-26-28-35-42-49-62(2)3)60-85-89(77,78)83-56-65(72)57-84-90(79,80)86-61-67(88-71(76)55-48-41-34-32-37-44-51-64(6)7)59-82-69(74)53-46-39-33-31-36-43-50-63(4)5/h62-67,72H,8-61H2,1-7H3,(H,77,78)(H,79,80)/t65-,66-,67-/m1/s1. The van der Waals surface area contributed by atoms with Crippen molar-refractivity contribution in [1.82, 2.24) is 0 Å². The van der Waals surface area contributed by atoms with Crippen LogP contribution in [0.1, 0.15) is 357 Å². The average Bonchev–Trinajstić information content (AvgIpc) is 3.69. The predicted octanol–water partition coefficient (Wildman–Crippen LogP) is 20.2. The molecule has 0 rings (SSSR count). The molecule has 0 aromatic rings. The Morgan fingerprint density at radius 3 is 0.756 bits per heavy atom. The van der Waals surface area contributed by atoms with Crippen LogP contribution in [0, 0.1) is 17.8 Å². The molecule has 534 valence electrons. The maximum atomic E-state index is 13.0. The molecule has 0 bridgehead atoms. The molecule has 0 radical (unpaired) electrons. The molecular formula is C71H138O17P2. The molecule has 5 atom stereocenters. The van der Waals surface area contributed by atoms with Gasteiger partial charge in [0.15, 0.2) is 12.2 Å². The quantitative estimate of drug-likeness (QED) is 0.0222. The van der Waals surface area contributed by atoms with Crippen molar-refractivity contribution in [3.63, 3.8) is 0 Å². The molecule has 0 aliphatic carbocycles. The van der Waals surface area contributed by atoms with E-state index in [1.165, 1.54) is 161 Å². The Balaban J connectivity index is 5.15. The van der Waals surface area contributed by atoms with Gasteiger partial charge in [0.2, 0.25) is 0 Å². The van der Waals surface area contributed by atoms with Crippen LogP contribution < -0.4 is 0 Å². The van der Waals surface area contributed by atoms with E-state index >= 15 is 0 Å². The lowest BCUT2D eigenvalue weighted by Crippen LogP contribution is -2.30. The van der Waals surface area contributed by atoms with Crippen LogP contribution in [0.5, 0.6) is 0 Å². The minimum atomic E-state index is -4.95. The van der Waals surface area contributed by atoms with Gasteiger partial charge in [-0.1, -0.05) is 305 Å². The van der Waals surface area contributed by atoms with Crippen LogP contribution in [0.4, 0.5) is 0 Å². The summed E-state index contributed by atoms with van der Waals surface area (Å²) in [4.78, 5) is 72.4. The Morgan fingerprint density at radius 1 is 0.300 bits per heavy atom. The van der Waals surface area contributed by atoms with Gasteiger partial charge in [0.05, 0.1) is 26.4 Å². The minimum absolute atomic E-state index is 0.101. The topological polar surface area (TPSA) is 237 Å². The van der Waals surface area contributed by atoms with Gasteiger partial charge >= 0.3 is 39.5 Å². The van der Waals surface area contributed by atoms with Gasteiger partial charge in [-0.25, -0.2) is 9.13 Å². The molecule has 17 nitrogen and oxygen atoms in total. The van der Waals surface area contributed by atoms with Crippen LogP contribution in [0.2, 0.25) is 0 Å². The van der Waals surface area contributed by atoms with Gasteiger partial charge in [-0.05, 0) is 43.4 Å². The number of ether oxygens (including phenoxy) is 4. The summed E-state index contributed by atoms with van der Waals surface area (Å²) in [6.07, 6.45) is 46.5. The number of hydrogen-bond donors (Lipinski definition) is 3. The fourth-order valence-electron chi connectivity index (χ4n) is 10.7. The Morgan fingerprint density at radius 2 is 0.511 bits per heavy atom. The fraction of sp³-hybridized carbons (Fsp3) is 0.944. The smallest absolute Gasteiger partial charge is 0.462 e. The normalized spacial score (nSPS) is 14.2. The predicted molar refractivity (Wildman–Crippen MR) is 363 cm³/mol. The number of phosphoric ester groups is 2. The summed E-state index contributed by atoms with van der Waals surface area (Å²) < 4.78 is 68.2. The van der Waals surface area contributed by atoms with Gasteiger partial charge in [-0.15, -0.1) is 0 Å². The summed E-state index contributed by atoms with van der Waals surface area (Å²) in [5.41, 5.74) is 0. The van der Waals surface area contributed by atoms with Gasteiger partial charge in [0.1, 0.15) is 19.3 Å². The highest BCUT2D eigenvalue weighted by Gasteiger charge is 2.30. The second-order valence-corrected chi connectivity index (χ2v) is 30.0. The summed E-state index contributed by atoms with van der Waals surface area (Å²) in [5.74, 6) is -0.0596. The van der Waals surface area contributed by atoms with Crippen molar-refractivity contribution in [3.8, 4) is 0 Å². The first-order chi connectivity index (χ1) is 43.2. The van der Waals surface area contributed by atoms with Crippen LogP contribution in [0.15, 0.2) is 0 Å². The van der Waals surface area contributed by atoms with Gasteiger partial charge in [0, 0.05) is 25.7 Å². The molecular weight excluding hydrogens is 1190 g/mol. The summed E-state index contributed by atoms with van der Waals surface area (Å²) in [5, 5.41) is 10.6. The highest BCUT2D eigenvalue weighted by atomic mass is 31.2. The first-order valence-corrected chi connectivity index (χ1v) is 39.8. The molecule has 90 heavy (non-hydrogen) atoms. The van der Waals surface area contributed by atoms with Gasteiger partial charge in [-0.2, -0.15) is 0 Å². The molecule has 0 fully saturated rings. The van der Waals surface area contributed by atoms with Crippen LogP contribution in [-0.4, -0.2) is 96.7 Å². The molecule has 3 N–H and O–H groups in total. The highest BCUT2D eigenvalue weighted by molar-refractivity contribution is 7.47. The Bertz CT molecular complexity index is 1770.